The zero-order chi connectivity index (χ0) is 22.8. The van der Waals surface area contributed by atoms with Crippen molar-refractivity contribution in [2.45, 2.75) is 84.0 Å². The van der Waals surface area contributed by atoms with Gasteiger partial charge in [-0.2, -0.15) is 0 Å². The largest absolute Gasteiger partial charge is 0.423 e. The third-order valence-electron chi connectivity index (χ3n) is 6.80. The van der Waals surface area contributed by atoms with E-state index in [2.05, 4.69) is 6.92 Å². The molecule has 1 aliphatic rings. The van der Waals surface area contributed by atoms with Crippen LogP contribution in [0.5, 0.6) is 5.75 Å². The summed E-state index contributed by atoms with van der Waals surface area (Å²) in [6, 6.07) is 10.4. The molecule has 0 spiro atoms. The number of carbonyl (C=O) groups is 1. The summed E-state index contributed by atoms with van der Waals surface area (Å²) in [6.45, 7) is 2.28. The molecular formula is C28H36F2O2. The Labute approximate surface area is 191 Å². The summed E-state index contributed by atoms with van der Waals surface area (Å²) in [7, 11) is 0. The van der Waals surface area contributed by atoms with Crippen LogP contribution in [0.25, 0.3) is 0 Å². The molecule has 2 aromatic rings. The van der Waals surface area contributed by atoms with E-state index in [1.807, 2.05) is 12.1 Å². The van der Waals surface area contributed by atoms with Crippen molar-refractivity contribution < 1.29 is 18.3 Å². The zero-order valence-corrected chi connectivity index (χ0v) is 19.3. The molecule has 0 aliphatic heterocycles. The summed E-state index contributed by atoms with van der Waals surface area (Å²) in [5.74, 6) is -0.702. The second kappa shape index (κ2) is 12.7. The number of halogens is 2. The van der Waals surface area contributed by atoms with E-state index in [4.69, 9.17) is 4.74 Å². The molecule has 1 saturated carbocycles. The van der Waals surface area contributed by atoms with Crippen LogP contribution >= 0.6 is 0 Å². The van der Waals surface area contributed by atoms with E-state index in [0.717, 1.165) is 36.8 Å². The fourth-order valence-corrected chi connectivity index (χ4v) is 4.77. The van der Waals surface area contributed by atoms with Gasteiger partial charge in [0.1, 0.15) is 5.75 Å². The van der Waals surface area contributed by atoms with Gasteiger partial charge in [0.2, 0.25) is 0 Å². The quantitative estimate of drug-likeness (QED) is 0.199. The predicted octanol–water partition coefficient (Wildman–Crippen LogP) is 8.28. The van der Waals surface area contributed by atoms with Gasteiger partial charge in [-0.3, -0.25) is 0 Å². The minimum absolute atomic E-state index is 0.00651. The topological polar surface area (TPSA) is 26.3 Å². The lowest BCUT2D eigenvalue weighted by Crippen LogP contribution is -2.14. The molecule has 0 saturated heterocycles. The molecule has 0 radical (unpaired) electrons. The van der Waals surface area contributed by atoms with Crippen LogP contribution in [0.1, 0.15) is 93.5 Å². The van der Waals surface area contributed by atoms with Crippen LogP contribution in [0.2, 0.25) is 0 Å². The highest BCUT2D eigenvalue weighted by molar-refractivity contribution is 5.91. The zero-order valence-electron chi connectivity index (χ0n) is 19.3. The molecule has 2 aromatic carbocycles. The molecule has 0 N–H and O–H groups in total. The third-order valence-corrected chi connectivity index (χ3v) is 6.80. The fourth-order valence-electron chi connectivity index (χ4n) is 4.77. The fraction of sp³-hybridized carbons (Fsp3) is 0.536. The van der Waals surface area contributed by atoms with Gasteiger partial charge in [0, 0.05) is 6.07 Å². The highest BCUT2D eigenvalue weighted by Gasteiger charge is 2.20. The van der Waals surface area contributed by atoms with E-state index in [0.29, 0.717) is 5.56 Å². The smallest absolute Gasteiger partial charge is 0.343 e. The third kappa shape index (κ3) is 7.72. The number of ether oxygens (including phenoxy) is 1. The number of hydrogen-bond donors (Lipinski definition) is 0. The molecule has 0 unspecified atom stereocenters. The van der Waals surface area contributed by atoms with E-state index >= 15 is 0 Å². The van der Waals surface area contributed by atoms with Gasteiger partial charge in [-0.1, -0.05) is 83.3 Å². The Morgan fingerprint density at radius 1 is 0.844 bits per heavy atom. The van der Waals surface area contributed by atoms with Gasteiger partial charge in [-0.25, -0.2) is 13.6 Å². The first kappa shape index (κ1) is 24.4. The number of esters is 1. The summed E-state index contributed by atoms with van der Waals surface area (Å²) < 4.78 is 31.4. The Balaban J connectivity index is 1.33. The van der Waals surface area contributed by atoms with Crippen molar-refractivity contribution in [3.8, 4) is 5.75 Å². The van der Waals surface area contributed by atoms with Crippen molar-refractivity contribution in [3.05, 3.63) is 65.2 Å². The molecule has 0 aromatic heterocycles. The number of carbonyl (C=O) groups excluding carboxylic acids is 1. The van der Waals surface area contributed by atoms with Gasteiger partial charge >= 0.3 is 5.97 Å². The first-order chi connectivity index (χ1) is 15.5. The lowest BCUT2D eigenvalue weighted by Gasteiger charge is -2.28. The van der Waals surface area contributed by atoms with Gasteiger partial charge in [0.25, 0.3) is 0 Å². The van der Waals surface area contributed by atoms with Gasteiger partial charge in [0.05, 0.1) is 5.56 Å². The van der Waals surface area contributed by atoms with Crippen molar-refractivity contribution in [2.75, 3.05) is 0 Å². The second-order valence-electron chi connectivity index (χ2n) is 9.29. The number of hydrogen-bond acceptors (Lipinski definition) is 2. The van der Waals surface area contributed by atoms with Crippen molar-refractivity contribution in [2.24, 2.45) is 11.8 Å². The van der Waals surface area contributed by atoms with Crippen molar-refractivity contribution in [1.82, 2.24) is 0 Å². The molecule has 0 heterocycles. The van der Waals surface area contributed by atoms with Crippen LogP contribution in [0.3, 0.4) is 0 Å². The first-order valence-corrected chi connectivity index (χ1v) is 12.3. The number of unbranched alkanes of at least 4 members (excludes halogenated alkanes) is 3. The van der Waals surface area contributed by atoms with Crippen LogP contribution < -0.4 is 4.74 Å². The van der Waals surface area contributed by atoms with Crippen molar-refractivity contribution in [3.63, 3.8) is 0 Å². The Kier molecular flexibility index (Phi) is 9.70. The average molecular weight is 443 g/mol. The van der Waals surface area contributed by atoms with Crippen LogP contribution in [-0.4, -0.2) is 5.97 Å². The van der Waals surface area contributed by atoms with Crippen LogP contribution in [-0.2, 0) is 6.42 Å². The van der Waals surface area contributed by atoms with Crippen LogP contribution in [0.4, 0.5) is 8.78 Å². The van der Waals surface area contributed by atoms with E-state index in [-0.39, 0.29) is 5.75 Å². The van der Waals surface area contributed by atoms with E-state index in [1.165, 1.54) is 75.8 Å². The highest BCUT2D eigenvalue weighted by Crippen LogP contribution is 2.34. The molecule has 0 amide bonds. The SMILES string of the molecule is CCCCC[C@H]1CC[C@H](CCCCc2ccc(C(=O)Oc3ccc(F)c(F)c3)cc2)CC1. The van der Waals surface area contributed by atoms with Gasteiger partial charge in [-0.15, -0.1) is 0 Å². The number of benzene rings is 2. The molecule has 3 rings (SSSR count). The second-order valence-corrected chi connectivity index (χ2v) is 9.29. The maximum absolute atomic E-state index is 13.3. The molecule has 0 bridgehead atoms. The monoisotopic (exact) mass is 442 g/mol. The molecule has 2 nitrogen and oxygen atoms in total. The minimum atomic E-state index is -1.04. The molecule has 32 heavy (non-hydrogen) atoms. The van der Waals surface area contributed by atoms with E-state index < -0.39 is 17.6 Å². The van der Waals surface area contributed by atoms with Gasteiger partial charge < -0.3 is 4.74 Å². The van der Waals surface area contributed by atoms with E-state index in [9.17, 15) is 13.6 Å². The summed E-state index contributed by atoms with van der Waals surface area (Å²) in [5, 5.41) is 0. The lowest BCUT2D eigenvalue weighted by atomic mass is 9.78. The molecule has 1 aliphatic carbocycles. The number of rotatable bonds is 11. The Morgan fingerprint density at radius 3 is 2.06 bits per heavy atom. The standard InChI is InChI=1S/C28H36F2O2/c1-2-3-4-7-21-10-12-22(13-11-21)8-5-6-9-23-14-16-24(17-15-23)28(31)32-25-18-19-26(29)27(30)20-25/h14-22H,2-13H2,1H3/t21-,22-. The average Bonchev–Trinajstić information content (AvgIpc) is 2.81. The Bertz CT molecular complexity index is 839. The summed E-state index contributed by atoms with van der Waals surface area (Å²) in [5.41, 5.74) is 1.60. The predicted molar refractivity (Wildman–Crippen MR) is 125 cm³/mol. The Hall–Kier alpha value is -2.23. The summed E-state index contributed by atoms with van der Waals surface area (Å²) in [6.07, 6.45) is 16.0. The lowest BCUT2D eigenvalue weighted by molar-refractivity contribution is 0.0734. The highest BCUT2D eigenvalue weighted by atomic mass is 19.2. The normalized spacial score (nSPS) is 18.5. The summed E-state index contributed by atoms with van der Waals surface area (Å²) >= 11 is 0. The maximum atomic E-state index is 13.3. The minimum Gasteiger partial charge on any atom is -0.423 e. The molecule has 174 valence electrons. The molecule has 4 heteroatoms. The number of aryl methyl sites for hydroxylation is 1. The molecule has 1 fully saturated rings. The van der Waals surface area contributed by atoms with Gasteiger partial charge in [0.15, 0.2) is 11.6 Å². The van der Waals surface area contributed by atoms with E-state index in [1.54, 1.807) is 12.1 Å². The summed E-state index contributed by atoms with van der Waals surface area (Å²) in [4.78, 5) is 12.2. The van der Waals surface area contributed by atoms with Crippen LogP contribution in [0, 0.1) is 23.5 Å². The van der Waals surface area contributed by atoms with Crippen molar-refractivity contribution in [1.29, 1.82) is 0 Å². The maximum Gasteiger partial charge on any atom is 0.343 e. The molecule has 0 atom stereocenters. The molecular weight excluding hydrogens is 406 g/mol. The first-order valence-electron chi connectivity index (χ1n) is 12.3. The van der Waals surface area contributed by atoms with Crippen LogP contribution in [0.15, 0.2) is 42.5 Å². The Morgan fingerprint density at radius 2 is 1.47 bits per heavy atom. The van der Waals surface area contributed by atoms with Crippen molar-refractivity contribution >= 4 is 5.97 Å². The van der Waals surface area contributed by atoms with Gasteiger partial charge in [-0.05, 0) is 54.5 Å².